The molecule has 0 saturated heterocycles. The second kappa shape index (κ2) is 4.57. The van der Waals surface area contributed by atoms with Crippen LogP contribution in [0, 0.1) is 25.2 Å². The molecule has 5 nitrogen and oxygen atoms in total. The highest BCUT2D eigenvalue weighted by Crippen LogP contribution is 2.37. The number of hydrogen-bond acceptors (Lipinski definition) is 4. The van der Waals surface area contributed by atoms with Crippen molar-refractivity contribution in [3.05, 3.63) is 29.2 Å². The standard InChI is InChI=1S/C15H15N3O2/c1-9-6-13-14(20-5-4-19-13)7-11(9)15-12(8-16)18(3)10(2)17-15/h6-7H,4-5H2,1-3H3. The fourth-order valence-electron chi connectivity index (χ4n) is 2.37. The maximum atomic E-state index is 9.34. The molecule has 102 valence electrons. The summed E-state index contributed by atoms with van der Waals surface area (Å²) in [6.07, 6.45) is 0. The second-order valence-corrected chi connectivity index (χ2v) is 4.84. The molecule has 5 heteroatoms. The van der Waals surface area contributed by atoms with E-state index in [0.29, 0.717) is 30.4 Å². The lowest BCUT2D eigenvalue weighted by Crippen LogP contribution is -2.15. The number of aromatic nitrogens is 2. The molecular formula is C15H15N3O2. The van der Waals surface area contributed by atoms with Crippen LogP contribution in [0.4, 0.5) is 0 Å². The zero-order valence-corrected chi connectivity index (χ0v) is 11.7. The Labute approximate surface area is 117 Å². The lowest BCUT2D eigenvalue weighted by Gasteiger charge is -2.20. The van der Waals surface area contributed by atoms with Gasteiger partial charge in [-0.3, -0.25) is 0 Å². The molecule has 0 bridgehead atoms. The lowest BCUT2D eigenvalue weighted by atomic mass is 10.0. The average Bonchev–Trinajstić information content (AvgIpc) is 2.73. The van der Waals surface area contributed by atoms with Crippen LogP contribution in [-0.2, 0) is 7.05 Å². The molecule has 20 heavy (non-hydrogen) atoms. The van der Waals surface area contributed by atoms with Crippen molar-refractivity contribution in [3.8, 4) is 28.8 Å². The van der Waals surface area contributed by atoms with Gasteiger partial charge in [0, 0.05) is 12.6 Å². The summed E-state index contributed by atoms with van der Waals surface area (Å²) in [5, 5.41) is 9.34. The molecule has 0 saturated carbocycles. The quantitative estimate of drug-likeness (QED) is 0.797. The van der Waals surface area contributed by atoms with Crippen molar-refractivity contribution in [2.45, 2.75) is 13.8 Å². The number of nitrogens with zero attached hydrogens (tertiary/aromatic N) is 3. The Balaban J connectivity index is 2.20. The van der Waals surface area contributed by atoms with E-state index in [1.807, 2.05) is 33.0 Å². The van der Waals surface area contributed by atoms with Gasteiger partial charge in [-0.15, -0.1) is 0 Å². The minimum Gasteiger partial charge on any atom is -0.486 e. The molecule has 0 amide bonds. The SMILES string of the molecule is Cc1cc2c(cc1-c1nc(C)n(C)c1C#N)OCCO2. The predicted octanol–water partition coefficient (Wildman–Crippen LogP) is 2.35. The van der Waals surface area contributed by atoms with Gasteiger partial charge in [0.25, 0.3) is 0 Å². The van der Waals surface area contributed by atoms with Crippen LogP contribution >= 0.6 is 0 Å². The first-order chi connectivity index (χ1) is 9.61. The summed E-state index contributed by atoms with van der Waals surface area (Å²) < 4.78 is 13.0. The maximum absolute atomic E-state index is 9.34. The lowest BCUT2D eigenvalue weighted by molar-refractivity contribution is 0.171. The van der Waals surface area contributed by atoms with Crippen molar-refractivity contribution >= 4 is 0 Å². The van der Waals surface area contributed by atoms with Crippen LogP contribution in [0.25, 0.3) is 11.3 Å². The Morgan fingerprint density at radius 3 is 2.50 bits per heavy atom. The van der Waals surface area contributed by atoms with Gasteiger partial charge in [0.05, 0.1) is 0 Å². The summed E-state index contributed by atoms with van der Waals surface area (Å²) in [6.45, 7) is 4.98. The van der Waals surface area contributed by atoms with Gasteiger partial charge in [0.15, 0.2) is 11.5 Å². The van der Waals surface area contributed by atoms with Gasteiger partial charge in [0.2, 0.25) is 0 Å². The summed E-state index contributed by atoms with van der Waals surface area (Å²) in [4.78, 5) is 4.51. The highest BCUT2D eigenvalue weighted by Gasteiger charge is 2.20. The highest BCUT2D eigenvalue weighted by molar-refractivity contribution is 5.72. The maximum Gasteiger partial charge on any atom is 0.162 e. The summed E-state index contributed by atoms with van der Waals surface area (Å²) in [5.41, 5.74) is 3.18. The van der Waals surface area contributed by atoms with Crippen molar-refractivity contribution in [2.75, 3.05) is 13.2 Å². The number of benzene rings is 1. The van der Waals surface area contributed by atoms with Crippen LogP contribution in [0.3, 0.4) is 0 Å². The fraction of sp³-hybridized carbons (Fsp3) is 0.333. The Morgan fingerprint density at radius 1 is 1.20 bits per heavy atom. The van der Waals surface area contributed by atoms with Gasteiger partial charge < -0.3 is 14.0 Å². The Morgan fingerprint density at radius 2 is 1.85 bits per heavy atom. The number of ether oxygens (including phenoxy) is 2. The van der Waals surface area contributed by atoms with Crippen molar-refractivity contribution in [2.24, 2.45) is 7.05 Å². The Bertz CT molecular complexity index is 726. The number of hydrogen-bond donors (Lipinski definition) is 0. The summed E-state index contributed by atoms with van der Waals surface area (Å²) >= 11 is 0. The second-order valence-electron chi connectivity index (χ2n) is 4.84. The van der Waals surface area contributed by atoms with E-state index in [4.69, 9.17) is 9.47 Å². The molecule has 1 aliphatic rings. The van der Waals surface area contributed by atoms with Crippen molar-refractivity contribution in [1.82, 2.24) is 9.55 Å². The molecule has 1 aromatic carbocycles. The first kappa shape index (κ1) is 12.5. The third kappa shape index (κ3) is 1.81. The van der Waals surface area contributed by atoms with E-state index in [-0.39, 0.29) is 0 Å². The minimum atomic E-state index is 0.544. The number of nitriles is 1. The molecule has 3 rings (SSSR count). The highest BCUT2D eigenvalue weighted by atomic mass is 16.6. The van der Waals surface area contributed by atoms with Crippen LogP contribution < -0.4 is 9.47 Å². The van der Waals surface area contributed by atoms with Gasteiger partial charge in [-0.2, -0.15) is 5.26 Å². The molecule has 0 fully saturated rings. The van der Waals surface area contributed by atoms with Crippen LogP contribution in [0.1, 0.15) is 17.1 Å². The van der Waals surface area contributed by atoms with Gasteiger partial charge >= 0.3 is 0 Å². The molecule has 0 N–H and O–H groups in total. The number of rotatable bonds is 1. The van der Waals surface area contributed by atoms with Crippen molar-refractivity contribution in [3.63, 3.8) is 0 Å². The largest absolute Gasteiger partial charge is 0.486 e. The molecule has 1 aliphatic heterocycles. The normalized spacial score (nSPS) is 13.1. The average molecular weight is 269 g/mol. The van der Waals surface area contributed by atoms with E-state index in [0.717, 1.165) is 22.7 Å². The predicted molar refractivity (Wildman–Crippen MR) is 73.8 cm³/mol. The topological polar surface area (TPSA) is 60.1 Å². The third-order valence-corrected chi connectivity index (χ3v) is 3.57. The third-order valence-electron chi connectivity index (χ3n) is 3.57. The smallest absolute Gasteiger partial charge is 0.162 e. The van der Waals surface area contributed by atoms with Crippen LogP contribution in [0.15, 0.2) is 12.1 Å². The molecule has 0 atom stereocenters. The molecule has 0 radical (unpaired) electrons. The van der Waals surface area contributed by atoms with Gasteiger partial charge in [-0.25, -0.2) is 4.98 Å². The zero-order chi connectivity index (χ0) is 14.3. The van der Waals surface area contributed by atoms with Gasteiger partial charge in [-0.05, 0) is 31.5 Å². The van der Waals surface area contributed by atoms with Gasteiger partial charge in [0.1, 0.15) is 36.5 Å². The molecular weight excluding hydrogens is 254 g/mol. The molecule has 0 spiro atoms. The van der Waals surface area contributed by atoms with E-state index in [1.165, 1.54) is 0 Å². The first-order valence-electron chi connectivity index (χ1n) is 6.46. The van der Waals surface area contributed by atoms with Crippen LogP contribution in [0.5, 0.6) is 11.5 Å². The van der Waals surface area contributed by atoms with E-state index in [2.05, 4.69) is 11.1 Å². The summed E-state index contributed by atoms with van der Waals surface area (Å²) in [7, 11) is 1.84. The van der Waals surface area contributed by atoms with Crippen molar-refractivity contribution < 1.29 is 9.47 Å². The number of imidazole rings is 1. The van der Waals surface area contributed by atoms with Crippen LogP contribution in [0.2, 0.25) is 0 Å². The van der Waals surface area contributed by atoms with E-state index in [9.17, 15) is 5.26 Å². The molecule has 1 aromatic heterocycles. The summed E-state index contributed by atoms with van der Waals surface area (Å²) in [6, 6.07) is 6.07. The molecule has 0 aliphatic carbocycles. The van der Waals surface area contributed by atoms with E-state index in [1.54, 1.807) is 4.57 Å². The van der Waals surface area contributed by atoms with Gasteiger partial charge in [-0.1, -0.05) is 0 Å². The molecule has 2 aromatic rings. The van der Waals surface area contributed by atoms with Crippen molar-refractivity contribution in [1.29, 1.82) is 5.26 Å². The molecule has 0 unspecified atom stereocenters. The van der Waals surface area contributed by atoms with E-state index < -0.39 is 0 Å². The number of aryl methyl sites for hydroxylation is 2. The molecule has 2 heterocycles. The monoisotopic (exact) mass is 269 g/mol. The fourth-order valence-corrected chi connectivity index (χ4v) is 2.37. The number of fused-ring (bicyclic) bond motifs is 1. The Kier molecular flexibility index (Phi) is 2.87. The van der Waals surface area contributed by atoms with Crippen LogP contribution in [-0.4, -0.2) is 22.8 Å². The zero-order valence-electron chi connectivity index (χ0n) is 11.7. The summed E-state index contributed by atoms with van der Waals surface area (Å²) in [5.74, 6) is 2.28. The van der Waals surface area contributed by atoms with E-state index >= 15 is 0 Å². The first-order valence-corrected chi connectivity index (χ1v) is 6.46. The minimum absolute atomic E-state index is 0.544. The Hall–Kier alpha value is -2.48.